The van der Waals surface area contributed by atoms with Gasteiger partial charge >= 0.3 is 12.2 Å². The molecule has 198 valence electrons. The molecule has 0 unspecified atom stereocenters. The van der Waals surface area contributed by atoms with Crippen LogP contribution < -0.4 is 5.32 Å². The van der Waals surface area contributed by atoms with Crippen molar-refractivity contribution in [1.82, 2.24) is 9.80 Å². The molecule has 0 radical (unpaired) electrons. The molecule has 2 aliphatic rings. The third kappa shape index (κ3) is 6.59. The average molecular weight is 519 g/mol. The maximum Gasteiger partial charge on any atom is 0.416 e. The van der Waals surface area contributed by atoms with E-state index in [1.165, 1.54) is 0 Å². The fourth-order valence-corrected chi connectivity index (χ4v) is 5.28. The van der Waals surface area contributed by atoms with Crippen molar-refractivity contribution in [1.29, 1.82) is 5.26 Å². The lowest BCUT2D eigenvalue weighted by Gasteiger charge is -2.41. The van der Waals surface area contributed by atoms with E-state index in [4.69, 9.17) is 0 Å². The Kier molecular flexibility index (Phi) is 8.05. The molecule has 2 N–H and O–H groups in total. The van der Waals surface area contributed by atoms with Gasteiger partial charge in [-0.2, -0.15) is 18.4 Å². The maximum atomic E-state index is 13.9. The first-order valence-electron chi connectivity index (χ1n) is 12.5. The van der Waals surface area contributed by atoms with Crippen LogP contribution in [-0.2, 0) is 11.8 Å². The van der Waals surface area contributed by atoms with E-state index in [0.29, 0.717) is 56.0 Å². The zero-order valence-corrected chi connectivity index (χ0v) is 20.4. The summed E-state index contributed by atoms with van der Waals surface area (Å²) in [6.45, 7) is 2.83. The van der Waals surface area contributed by atoms with Crippen molar-refractivity contribution in [2.75, 3.05) is 31.5 Å². The van der Waals surface area contributed by atoms with Crippen LogP contribution in [0.5, 0.6) is 0 Å². The van der Waals surface area contributed by atoms with Gasteiger partial charge in [-0.1, -0.05) is 12.1 Å². The number of carbonyl (C=O) groups is 1. The van der Waals surface area contributed by atoms with Gasteiger partial charge in [0.1, 0.15) is 5.82 Å². The molecule has 0 aromatic heterocycles. The highest BCUT2D eigenvalue weighted by molar-refractivity contribution is 5.89. The molecule has 2 fully saturated rings. The lowest BCUT2D eigenvalue weighted by molar-refractivity contribution is -0.137. The first-order valence-corrected chi connectivity index (χ1v) is 12.5. The molecule has 0 bridgehead atoms. The summed E-state index contributed by atoms with van der Waals surface area (Å²) in [6, 6.07) is 10.0. The topological polar surface area (TPSA) is 79.6 Å². The van der Waals surface area contributed by atoms with E-state index in [1.807, 2.05) is 0 Å². The van der Waals surface area contributed by atoms with Crippen LogP contribution in [0.4, 0.5) is 28.0 Å². The number of anilines is 1. The van der Waals surface area contributed by atoms with Crippen molar-refractivity contribution in [3.63, 3.8) is 0 Å². The van der Waals surface area contributed by atoms with E-state index < -0.39 is 29.2 Å². The molecule has 0 spiro atoms. The largest absolute Gasteiger partial charge is 0.416 e. The number of nitriles is 1. The summed E-state index contributed by atoms with van der Waals surface area (Å²) >= 11 is 0. The quantitative estimate of drug-likeness (QED) is 0.497. The van der Waals surface area contributed by atoms with Gasteiger partial charge in [0.15, 0.2) is 0 Å². The molecule has 1 saturated carbocycles. The summed E-state index contributed by atoms with van der Waals surface area (Å²) in [5.41, 5.74) is -1.46. The van der Waals surface area contributed by atoms with Gasteiger partial charge in [-0.25, -0.2) is 9.18 Å². The fourth-order valence-electron chi connectivity index (χ4n) is 5.28. The molecule has 10 heteroatoms. The zero-order chi connectivity index (χ0) is 26.6. The highest BCUT2D eigenvalue weighted by atomic mass is 19.4. The summed E-state index contributed by atoms with van der Waals surface area (Å²) in [5, 5.41) is 23.0. The second-order valence-corrected chi connectivity index (χ2v) is 9.85. The molecule has 2 aromatic rings. The normalized spacial score (nSPS) is 22.4. The number of rotatable bonds is 6. The van der Waals surface area contributed by atoms with Crippen LogP contribution >= 0.6 is 0 Å². The first kappa shape index (κ1) is 26.9. The standard InChI is InChI=1S/C27H30F4N4O2/c28-22-15-21(27(29,30)31)16-23(17-22)33-25(36)35(13-12-34-10-1-2-11-34)24-6-8-26(37,9-7-24)20-5-3-4-19(14-20)18-32/h3-5,14-17,24,37H,1-2,6-13H2,(H,33,36)/t24-,26+. The molecule has 4 rings (SSSR count). The molecule has 2 aromatic carbocycles. The molecular weight excluding hydrogens is 488 g/mol. The van der Waals surface area contributed by atoms with E-state index in [9.17, 15) is 32.7 Å². The Morgan fingerprint density at radius 3 is 2.51 bits per heavy atom. The number of nitrogens with one attached hydrogen (secondary N) is 1. The van der Waals surface area contributed by atoms with Crippen molar-refractivity contribution in [3.05, 3.63) is 65.0 Å². The Morgan fingerprint density at radius 2 is 1.86 bits per heavy atom. The van der Waals surface area contributed by atoms with E-state index in [0.717, 1.165) is 38.1 Å². The number of amides is 2. The summed E-state index contributed by atoms with van der Waals surface area (Å²) < 4.78 is 53.4. The van der Waals surface area contributed by atoms with Crippen LogP contribution in [0.3, 0.4) is 0 Å². The summed E-state index contributed by atoms with van der Waals surface area (Å²) in [4.78, 5) is 17.1. The monoisotopic (exact) mass is 518 g/mol. The number of alkyl halides is 3. The molecule has 2 amide bonds. The Hall–Kier alpha value is -3.16. The van der Waals surface area contributed by atoms with E-state index in [2.05, 4.69) is 16.3 Å². The maximum absolute atomic E-state index is 13.9. The van der Waals surface area contributed by atoms with Crippen LogP contribution in [0.1, 0.15) is 55.2 Å². The number of hydrogen-bond acceptors (Lipinski definition) is 4. The predicted molar refractivity (Wildman–Crippen MR) is 130 cm³/mol. The number of likely N-dealkylation sites (tertiary alicyclic amines) is 1. The Bertz CT molecular complexity index is 1150. The van der Waals surface area contributed by atoms with Crippen LogP contribution in [0.15, 0.2) is 42.5 Å². The van der Waals surface area contributed by atoms with Gasteiger partial charge in [-0.05, 0) is 87.5 Å². The van der Waals surface area contributed by atoms with E-state index in [-0.39, 0.29) is 11.7 Å². The Labute approximate surface area is 213 Å². The summed E-state index contributed by atoms with van der Waals surface area (Å²) in [6.07, 6.45) is -0.929. The second-order valence-electron chi connectivity index (χ2n) is 9.85. The first-order chi connectivity index (χ1) is 17.6. The van der Waals surface area contributed by atoms with Gasteiger partial charge in [0.2, 0.25) is 0 Å². The highest BCUT2D eigenvalue weighted by Gasteiger charge is 2.38. The van der Waals surface area contributed by atoms with Crippen molar-refractivity contribution >= 4 is 11.7 Å². The number of urea groups is 1. The third-order valence-electron chi connectivity index (χ3n) is 7.35. The number of benzene rings is 2. The minimum absolute atomic E-state index is 0.252. The van der Waals surface area contributed by atoms with Gasteiger partial charge in [-0.15, -0.1) is 0 Å². The second kappa shape index (κ2) is 11.1. The smallest absolute Gasteiger partial charge is 0.385 e. The molecule has 37 heavy (non-hydrogen) atoms. The van der Waals surface area contributed by atoms with Gasteiger partial charge in [0.05, 0.1) is 22.8 Å². The number of aliphatic hydroxyl groups is 1. The van der Waals surface area contributed by atoms with Crippen LogP contribution in [0, 0.1) is 17.1 Å². The number of halogens is 4. The molecule has 1 aliphatic heterocycles. The van der Waals surface area contributed by atoms with Crippen LogP contribution in [-0.4, -0.2) is 53.2 Å². The number of hydrogen-bond donors (Lipinski definition) is 2. The molecule has 1 aliphatic carbocycles. The predicted octanol–water partition coefficient (Wildman–Crippen LogP) is 5.48. The van der Waals surface area contributed by atoms with Crippen molar-refractivity contribution in [2.45, 2.75) is 56.3 Å². The number of carbonyl (C=O) groups excluding carboxylic acids is 1. The third-order valence-corrected chi connectivity index (χ3v) is 7.35. The van der Waals surface area contributed by atoms with E-state index in [1.54, 1.807) is 29.2 Å². The lowest BCUT2D eigenvalue weighted by Crippen LogP contribution is -2.49. The highest BCUT2D eigenvalue weighted by Crippen LogP contribution is 2.39. The Balaban J connectivity index is 1.50. The molecule has 0 atom stereocenters. The summed E-state index contributed by atoms with van der Waals surface area (Å²) in [5.74, 6) is -1.09. The molecular formula is C27H30F4N4O2. The van der Waals surface area contributed by atoms with Crippen molar-refractivity contribution in [3.8, 4) is 6.07 Å². The minimum Gasteiger partial charge on any atom is -0.385 e. The van der Waals surface area contributed by atoms with Crippen LogP contribution in [0.2, 0.25) is 0 Å². The zero-order valence-electron chi connectivity index (χ0n) is 20.4. The SMILES string of the molecule is N#Cc1cccc([C@]2(O)CC[C@@H](N(CCN3CCCC3)C(=O)Nc3cc(F)cc(C(F)(F)F)c3)CC2)c1. The molecule has 6 nitrogen and oxygen atoms in total. The number of nitrogens with zero attached hydrogens (tertiary/aromatic N) is 3. The molecule has 1 heterocycles. The van der Waals surface area contributed by atoms with Crippen molar-refractivity contribution < 1.29 is 27.5 Å². The van der Waals surface area contributed by atoms with E-state index >= 15 is 0 Å². The minimum atomic E-state index is -4.74. The fraction of sp³-hybridized carbons (Fsp3) is 0.481. The molecule has 1 saturated heterocycles. The van der Waals surface area contributed by atoms with Crippen LogP contribution in [0.25, 0.3) is 0 Å². The van der Waals surface area contributed by atoms with Gasteiger partial charge < -0.3 is 20.2 Å². The van der Waals surface area contributed by atoms with Gasteiger partial charge in [0.25, 0.3) is 0 Å². The average Bonchev–Trinajstić information content (AvgIpc) is 3.38. The lowest BCUT2D eigenvalue weighted by atomic mass is 9.77. The summed E-state index contributed by atoms with van der Waals surface area (Å²) in [7, 11) is 0. The van der Waals surface area contributed by atoms with Gasteiger partial charge in [-0.3, -0.25) is 0 Å². The van der Waals surface area contributed by atoms with Gasteiger partial charge in [0, 0.05) is 24.8 Å². The Morgan fingerprint density at radius 1 is 1.16 bits per heavy atom. The van der Waals surface area contributed by atoms with Crippen molar-refractivity contribution in [2.24, 2.45) is 0 Å².